The van der Waals surface area contributed by atoms with Gasteiger partial charge in [0.1, 0.15) is 30.0 Å². The van der Waals surface area contributed by atoms with Gasteiger partial charge in [0.2, 0.25) is 0 Å². The molecule has 2 atom stereocenters. The minimum Gasteiger partial charge on any atom is -0.461 e. The number of nitrogens with two attached hydrogens (primary N) is 1. The molecule has 0 fully saturated rings. The summed E-state index contributed by atoms with van der Waals surface area (Å²) in [6, 6.07) is 3.23. The summed E-state index contributed by atoms with van der Waals surface area (Å²) in [7, 11) is 0. The third-order valence-electron chi connectivity index (χ3n) is 5.96. The van der Waals surface area contributed by atoms with Gasteiger partial charge in [0.25, 0.3) is 0 Å². The van der Waals surface area contributed by atoms with E-state index >= 15 is 0 Å². The van der Waals surface area contributed by atoms with Crippen LogP contribution in [0.25, 0.3) is 0 Å². The summed E-state index contributed by atoms with van der Waals surface area (Å²) in [4.78, 5) is 49.2. The predicted molar refractivity (Wildman–Crippen MR) is 153 cm³/mol. The monoisotopic (exact) mass is 597 g/mol. The summed E-state index contributed by atoms with van der Waals surface area (Å²) < 4.78 is 36.7. The molecule has 0 bridgehead atoms. The highest BCUT2D eigenvalue weighted by Crippen LogP contribution is 2.31. The summed E-state index contributed by atoms with van der Waals surface area (Å²) in [5.74, 6) is -0.972. The van der Waals surface area contributed by atoms with Crippen molar-refractivity contribution in [2.24, 2.45) is 11.1 Å². The fourth-order valence-corrected chi connectivity index (χ4v) is 2.81. The van der Waals surface area contributed by atoms with Crippen LogP contribution in [0.5, 0.6) is 11.5 Å². The van der Waals surface area contributed by atoms with Crippen molar-refractivity contribution in [3.05, 3.63) is 23.8 Å². The third kappa shape index (κ3) is 14.4. The number of hydrogen-bond donors (Lipinski definition) is 1. The van der Waals surface area contributed by atoms with E-state index < -0.39 is 47.8 Å². The van der Waals surface area contributed by atoms with Gasteiger partial charge in [-0.15, -0.1) is 0 Å². The molecule has 0 unspecified atom stereocenters. The summed E-state index contributed by atoms with van der Waals surface area (Å²) in [6.45, 7) is 17.8. The number of carbonyl (C=O) groups excluding carboxylic acids is 4. The van der Waals surface area contributed by atoms with Crippen LogP contribution in [-0.2, 0) is 34.9 Å². The van der Waals surface area contributed by atoms with E-state index in [-0.39, 0.29) is 36.5 Å². The van der Waals surface area contributed by atoms with Crippen LogP contribution in [0, 0.1) is 5.41 Å². The highest BCUT2D eigenvalue weighted by atomic mass is 16.8. The highest BCUT2D eigenvalue weighted by Gasteiger charge is 2.27. The second kappa shape index (κ2) is 15.6. The van der Waals surface area contributed by atoms with Crippen LogP contribution in [0.3, 0.4) is 0 Å². The average molecular weight is 598 g/mol. The van der Waals surface area contributed by atoms with E-state index in [0.29, 0.717) is 18.4 Å². The van der Waals surface area contributed by atoms with Crippen molar-refractivity contribution in [1.82, 2.24) is 0 Å². The molecule has 42 heavy (non-hydrogen) atoms. The number of rotatable bonds is 13. The fraction of sp³-hybridized carbons (Fsp3) is 0.667. The number of hydrogen-bond acceptors (Lipinski definition) is 12. The second-order valence-electron chi connectivity index (χ2n) is 12.4. The van der Waals surface area contributed by atoms with Crippen molar-refractivity contribution < 1.29 is 52.3 Å². The average Bonchev–Trinajstić information content (AvgIpc) is 2.86. The van der Waals surface area contributed by atoms with Gasteiger partial charge in [-0.05, 0) is 77.0 Å². The first kappa shape index (κ1) is 36.5. The molecular weight excluding hydrogens is 550 g/mol. The SMILES string of the molecule is CCC(C)(C)OC(=O)Oc1ccc(C[C@H](N)C(=O)OC[C@H](C)OC(=O)OCC(C)(C)C)cc1OC(=O)OC(C)(C)CC. The molecule has 0 aliphatic heterocycles. The van der Waals surface area contributed by atoms with Gasteiger partial charge in [-0.25, -0.2) is 14.4 Å². The Hall–Kier alpha value is -3.54. The van der Waals surface area contributed by atoms with E-state index in [1.54, 1.807) is 40.7 Å². The lowest BCUT2D eigenvalue weighted by atomic mass is 9.99. The number of benzene rings is 1. The van der Waals surface area contributed by atoms with Gasteiger partial charge < -0.3 is 38.9 Å². The lowest BCUT2D eigenvalue weighted by molar-refractivity contribution is -0.148. The Bertz CT molecular complexity index is 1080. The molecule has 12 heteroatoms. The van der Waals surface area contributed by atoms with Gasteiger partial charge >= 0.3 is 24.4 Å². The van der Waals surface area contributed by atoms with Crippen LogP contribution >= 0.6 is 0 Å². The molecule has 0 aliphatic rings. The Morgan fingerprint density at radius 2 is 1.31 bits per heavy atom. The Morgan fingerprint density at radius 3 is 1.81 bits per heavy atom. The highest BCUT2D eigenvalue weighted by molar-refractivity contribution is 5.76. The minimum atomic E-state index is -1.11. The molecule has 0 spiro atoms. The standard InChI is InChI=1S/C30H47NO11/c1-11-29(7,8)41-26(34)39-22-14-13-20(16-23(22)40-27(35)42-30(9,10)12-2)15-21(31)24(32)36-17-19(3)38-25(33)37-18-28(4,5)6/h13-14,16,19,21H,11-12,15,17-18,31H2,1-10H3/t19-,21-/m0/s1. The zero-order valence-corrected chi connectivity index (χ0v) is 26.5. The van der Waals surface area contributed by atoms with Crippen molar-refractivity contribution in [2.45, 2.75) is 112 Å². The first-order chi connectivity index (χ1) is 19.3. The first-order valence-corrected chi connectivity index (χ1v) is 14.0. The number of ether oxygens (including phenoxy) is 7. The van der Waals surface area contributed by atoms with E-state index in [0.717, 1.165) is 0 Å². The van der Waals surface area contributed by atoms with Gasteiger partial charge in [0.05, 0.1) is 6.61 Å². The molecule has 0 heterocycles. The van der Waals surface area contributed by atoms with Gasteiger partial charge in [-0.2, -0.15) is 0 Å². The second-order valence-corrected chi connectivity index (χ2v) is 12.4. The van der Waals surface area contributed by atoms with Crippen LogP contribution in [0.4, 0.5) is 14.4 Å². The first-order valence-electron chi connectivity index (χ1n) is 14.0. The van der Waals surface area contributed by atoms with Crippen LogP contribution in [0.2, 0.25) is 0 Å². The fourth-order valence-electron chi connectivity index (χ4n) is 2.81. The maximum atomic E-state index is 12.5. The zero-order valence-electron chi connectivity index (χ0n) is 26.5. The van der Waals surface area contributed by atoms with Crippen molar-refractivity contribution in [2.75, 3.05) is 13.2 Å². The molecule has 12 nitrogen and oxygen atoms in total. The molecule has 238 valence electrons. The molecule has 0 saturated heterocycles. The maximum Gasteiger partial charge on any atom is 0.514 e. The van der Waals surface area contributed by atoms with Gasteiger partial charge in [0, 0.05) is 0 Å². The lowest BCUT2D eigenvalue weighted by Gasteiger charge is -2.24. The van der Waals surface area contributed by atoms with E-state index in [9.17, 15) is 19.2 Å². The zero-order chi connectivity index (χ0) is 32.3. The number of esters is 1. The molecule has 0 saturated carbocycles. The molecule has 0 amide bonds. The molecule has 1 aromatic carbocycles. The van der Waals surface area contributed by atoms with E-state index in [1.165, 1.54) is 12.1 Å². The van der Waals surface area contributed by atoms with Crippen LogP contribution in [0.1, 0.15) is 87.6 Å². The van der Waals surface area contributed by atoms with Gasteiger partial charge in [-0.1, -0.05) is 40.7 Å². The summed E-state index contributed by atoms with van der Waals surface area (Å²) in [5, 5.41) is 0. The smallest absolute Gasteiger partial charge is 0.461 e. The predicted octanol–water partition coefficient (Wildman–Crippen LogP) is 6.10. The molecule has 1 aromatic rings. The topological polar surface area (TPSA) is 159 Å². The van der Waals surface area contributed by atoms with Crippen LogP contribution in [0.15, 0.2) is 18.2 Å². The van der Waals surface area contributed by atoms with Crippen molar-refractivity contribution in [1.29, 1.82) is 0 Å². The van der Waals surface area contributed by atoms with E-state index in [2.05, 4.69) is 0 Å². The number of carbonyl (C=O) groups is 4. The van der Waals surface area contributed by atoms with Crippen LogP contribution in [-0.4, -0.2) is 61.0 Å². The van der Waals surface area contributed by atoms with Crippen molar-refractivity contribution >= 4 is 24.4 Å². The Balaban J connectivity index is 2.92. The summed E-state index contributed by atoms with van der Waals surface area (Å²) in [5.41, 5.74) is 4.72. The molecular formula is C30H47NO11. The van der Waals surface area contributed by atoms with Crippen molar-refractivity contribution in [3.63, 3.8) is 0 Å². The molecule has 0 aliphatic carbocycles. The molecule has 2 N–H and O–H groups in total. The molecule has 0 aromatic heterocycles. The quantitative estimate of drug-likeness (QED) is 0.158. The largest absolute Gasteiger partial charge is 0.514 e. The molecule has 0 radical (unpaired) electrons. The van der Waals surface area contributed by atoms with Crippen LogP contribution < -0.4 is 15.2 Å². The third-order valence-corrected chi connectivity index (χ3v) is 5.96. The van der Waals surface area contributed by atoms with Crippen molar-refractivity contribution in [3.8, 4) is 11.5 Å². The van der Waals surface area contributed by atoms with E-state index in [1.807, 2.05) is 34.6 Å². The Kier molecular flexibility index (Phi) is 13.6. The maximum absolute atomic E-state index is 12.5. The summed E-state index contributed by atoms with van der Waals surface area (Å²) in [6.07, 6.45) is -2.56. The Labute approximate surface area is 248 Å². The van der Waals surface area contributed by atoms with Gasteiger partial charge in [0.15, 0.2) is 11.5 Å². The Morgan fingerprint density at radius 1 is 0.786 bits per heavy atom. The summed E-state index contributed by atoms with van der Waals surface area (Å²) >= 11 is 0. The normalized spacial score (nSPS) is 13.3. The van der Waals surface area contributed by atoms with E-state index in [4.69, 9.17) is 38.9 Å². The minimum absolute atomic E-state index is 0.0127. The lowest BCUT2D eigenvalue weighted by Crippen LogP contribution is -2.36. The molecule has 1 rings (SSSR count). The van der Waals surface area contributed by atoms with Gasteiger partial charge in [-0.3, -0.25) is 4.79 Å².